The van der Waals surface area contributed by atoms with E-state index < -0.39 is 0 Å². The zero-order valence-corrected chi connectivity index (χ0v) is 13.1. The molecule has 0 aromatic heterocycles. The summed E-state index contributed by atoms with van der Waals surface area (Å²) in [7, 11) is 0. The van der Waals surface area contributed by atoms with E-state index in [9.17, 15) is 9.18 Å². The summed E-state index contributed by atoms with van der Waals surface area (Å²) >= 11 is 0. The van der Waals surface area contributed by atoms with Crippen LogP contribution in [0.4, 0.5) is 9.18 Å². The van der Waals surface area contributed by atoms with E-state index in [1.54, 1.807) is 12.1 Å². The van der Waals surface area contributed by atoms with Crippen LogP contribution in [-0.2, 0) is 9.47 Å². The summed E-state index contributed by atoms with van der Waals surface area (Å²) in [4.78, 5) is 12.2. The van der Waals surface area contributed by atoms with Crippen LogP contribution in [0.3, 0.4) is 0 Å². The molecule has 1 aromatic carbocycles. The van der Waals surface area contributed by atoms with Crippen LogP contribution in [0.5, 0.6) is 0 Å². The Morgan fingerprint density at radius 3 is 2.74 bits per heavy atom. The van der Waals surface area contributed by atoms with Crippen LogP contribution in [0.2, 0.25) is 0 Å². The second kappa shape index (κ2) is 7.75. The van der Waals surface area contributed by atoms with Crippen LogP contribution in [-0.4, -0.2) is 38.5 Å². The van der Waals surface area contributed by atoms with Gasteiger partial charge in [-0.05, 0) is 37.0 Å². The number of carbonyl (C=O) groups excluding carboxylic acids is 1. The summed E-state index contributed by atoms with van der Waals surface area (Å²) in [6.45, 7) is 2.77. The number of hydrogen-bond acceptors (Lipinski definition) is 3. The fourth-order valence-corrected chi connectivity index (χ4v) is 3.10. The molecule has 2 aliphatic rings. The van der Waals surface area contributed by atoms with Crippen molar-refractivity contribution >= 4 is 6.03 Å². The third kappa shape index (κ3) is 4.42. The molecule has 1 aromatic rings. The van der Waals surface area contributed by atoms with E-state index >= 15 is 0 Å². The Labute approximate surface area is 135 Å². The van der Waals surface area contributed by atoms with Crippen molar-refractivity contribution in [1.82, 2.24) is 10.6 Å². The maximum Gasteiger partial charge on any atom is 0.315 e. The number of nitrogens with one attached hydrogen (secondary N) is 2. The summed E-state index contributed by atoms with van der Waals surface area (Å²) in [5.41, 5.74) is 0.859. The SMILES string of the molecule is O=C(NC[C@@H]1CCOC1)N[C@H](c1ccc(F)cc1)[C@H]1CCCO1. The fraction of sp³-hybridized carbons (Fsp3) is 0.588. The molecule has 5 nitrogen and oxygen atoms in total. The van der Waals surface area contributed by atoms with Gasteiger partial charge in [-0.25, -0.2) is 9.18 Å². The zero-order chi connectivity index (χ0) is 16.1. The normalized spacial score (nSPS) is 25.3. The Morgan fingerprint density at radius 1 is 1.26 bits per heavy atom. The molecule has 23 heavy (non-hydrogen) atoms. The van der Waals surface area contributed by atoms with Gasteiger partial charge >= 0.3 is 6.03 Å². The van der Waals surface area contributed by atoms with E-state index in [4.69, 9.17) is 9.47 Å². The van der Waals surface area contributed by atoms with Crippen LogP contribution >= 0.6 is 0 Å². The molecule has 2 saturated heterocycles. The smallest absolute Gasteiger partial charge is 0.315 e. The summed E-state index contributed by atoms with van der Waals surface area (Å²) in [6, 6.07) is 5.73. The lowest BCUT2D eigenvalue weighted by molar-refractivity contribution is 0.0806. The molecule has 3 atom stereocenters. The van der Waals surface area contributed by atoms with Crippen LogP contribution in [0.1, 0.15) is 30.9 Å². The first kappa shape index (κ1) is 16.2. The Bertz CT molecular complexity index is 511. The van der Waals surface area contributed by atoms with Crippen molar-refractivity contribution in [1.29, 1.82) is 0 Å². The number of carbonyl (C=O) groups is 1. The van der Waals surface area contributed by atoms with Crippen molar-refractivity contribution in [3.63, 3.8) is 0 Å². The highest BCUT2D eigenvalue weighted by Gasteiger charge is 2.29. The minimum Gasteiger partial charge on any atom is -0.381 e. The first-order valence-electron chi connectivity index (χ1n) is 8.21. The summed E-state index contributed by atoms with van der Waals surface area (Å²) < 4.78 is 24.2. The van der Waals surface area contributed by atoms with Gasteiger partial charge in [0.2, 0.25) is 0 Å². The maximum absolute atomic E-state index is 13.1. The average molecular weight is 322 g/mol. The number of urea groups is 1. The second-order valence-corrected chi connectivity index (χ2v) is 6.16. The van der Waals surface area contributed by atoms with Gasteiger partial charge in [-0.3, -0.25) is 0 Å². The Hall–Kier alpha value is -1.66. The molecule has 0 spiro atoms. The minimum absolute atomic E-state index is 0.0685. The van der Waals surface area contributed by atoms with Crippen molar-refractivity contribution in [2.24, 2.45) is 5.92 Å². The van der Waals surface area contributed by atoms with E-state index in [1.165, 1.54) is 12.1 Å². The fourth-order valence-electron chi connectivity index (χ4n) is 3.10. The van der Waals surface area contributed by atoms with Gasteiger partial charge in [0, 0.05) is 25.7 Å². The van der Waals surface area contributed by atoms with Crippen LogP contribution < -0.4 is 10.6 Å². The molecule has 0 radical (unpaired) electrons. The van der Waals surface area contributed by atoms with E-state index in [0.717, 1.165) is 31.4 Å². The monoisotopic (exact) mass is 322 g/mol. The standard InChI is InChI=1S/C17H23FN2O3/c18-14-5-3-13(4-6-14)16(15-2-1-8-23-15)20-17(21)19-10-12-7-9-22-11-12/h3-6,12,15-16H,1-2,7-11H2,(H2,19,20,21)/t12-,15+,16+/m0/s1. The first-order valence-corrected chi connectivity index (χ1v) is 8.21. The zero-order valence-electron chi connectivity index (χ0n) is 13.1. The van der Waals surface area contributed by atoms with Gasteiger partial charge in [0.15, 0.2) is 0 Å². The summed E-state index contributed by atoms with van der Waals surface area (Å²) in [6.07, 6.45) is 2.78. The highest BCUT2D eigenvalue weighted by atomic mass is 19.1. The van der Waals surface area contributed by atoms with E-state index in [1.807, 2.05) is 0 Å². The van der Waals surface area contributed by atoms with Crippen molar-refractivity contribution < 1.29 is 18.7 Å². The number of ether oxygens (including phenoxy) is 2. The third-order valence-corrected chi connectivity index (χ3v) is 4.43. The number of halogens is 1. The highest BCUT2D eigenvalue weighted by molar-refractivity contribution is 5.74. The molecule has 2 amide bonds. The number of rotatable bonds is 5. The van der Waals surface area contributed by atoms with Gasteiger partial charge in [0.1, 0.15) is 5.82 Å². The van der Waals surface area contributed by atoms with E-state index in [-0.39, 0.29) is 24.0 Å². The first-order chi connectivity index (χ1) is 11.2. The lowest BCUT2D eigenvalue weighted by Gasteiger charge is -2.25. The molecule has 6 heteroatoms. The average Bonchev–Trinajstić information content (AvgIpc) is 3.25. The van der Waals surface area contributed by atoms with Gasteiger partial charge in [-0.15, -0.1) is 0 Å². The highest BCUT2D eigenvalue weighted by Crippen LogP contribution is 2.27. The van der Waals surface area contributed by atoms with Gasteiger partial charge in [-0.1, -0.05) is 12.1 Å². The topological polar surface area (TPSA) is 59.6 Å². The molecule has 126 valence electrons. The molecule has 3 rings (SSSR count). The van der Waals surface area contributed by atoms with Gasteiger partial charge in [-0.2, -0.15) is 0 Å². The Balaban J connectivity index is 1.60. The molecule has 0 saturated carbocycles. The molecule has 2 heterocycles. The lowest BCUT2D eigenvalue weighted by atomic mass is 9.99. The Kier molecular flexibility index (Phi) is 5.46. The number of benzene rings is 1. The third-order valence-electron chi connectivity index (χ3n) is 4.43. The second-order valence-electron chi connectivity index (χ2n) is 6.16. The summed E-state index contributed by atoms with van der Waals surface area (Å²) in [5, 5.41) is 5.88. The van der Waals surface area contributed by atoms with E-state index in [2.05, 4.69) is 10.6 Å². The van der Waals surface area contributed by atoms with Gasteiger partial charge in [0.05, 0.1) is 18.8 Å². The van der Waals surface area contributed by atoms with Crippen LogP contribution in [0.25, 0.3) is 0 Å². The maximum atomic E-state index is 13.1. The minimum atomic E-state index is -0.287. The van der Waals surface area contributed by atoms with Crippen LogP contribution in [0, 0.1) is 11.7 Å². The molecule has 0 bridgehead atoms. The van der Waals surface area contributed by atoms with Gasteiger partial charge in [0.25, 0.3) is 0 Å². The number of amides is 2. The molecular formula is C17H23FN2O3. The summed E-state index contributed by atoms with van der Waals surface area (Å²) in [5.74, 6) is 0.0956. The largest absolute Gasteiger partial charge is 0.381 e. The van der Waals surface area contributed by atoms with Crippen molar-refractivity contribution in [2.75, 3.05) is 26.4 Å². The predicted molar refractivity (Wildman–Crippen MR) is 83.6 cm³/mol. The molecule has 2 fully saturated rings. The number of hydrogen-bond donors (Lipinski definition) is 2. The predicted octanol–water partition coefficient (Wildman–Crippen LogP) is 2.38. The molecule has 0 aliphatic carbocycles. The van der Waals surface area contributed by atoms with Gasteiger partial charge < -0.3 is 20.1 Å². The molecule has 2 N–H and O–H groups in total. The molecule has 0 unspecified atom stereocenters. The van der Waals surface area contributed by atoms with Crippen molar-refractivity contribution in [3.05, 3.63) is 35.6 Å². The van der Waals surface area contributed by atoms with E-state index in [0.29, 0.717) is 25.7 Å². The van der Waals surface area contributed by atoms with Crippen molar-refractivity contribution in [2.45, 2.75) is 31.4 Å². The van der Waals surface area contributed by atoms with Crippen molar-refractivity contribution in [3.8, 4) is 0 Å². The lowest BCUT2D eigenvalue weighted by Crippen LogP contribution is -2.43. The quantitative estimate of drug-likeness (QED) is 0.875. The molecule has 2 aliphatic heterocycles. The Morgan fingerprint density at radius 2 is 2.09 bits per heavy atom. The molecular weight excluding hydrogens is 299 g/mol. The van der Waals surface area contributed by atoms with Crippen LogP contribution in [0.15, 0.2) is 24.3 Å².